The molecule has 0 atom stereocenters. The summed E-state index contributed by atoms with van der Waals surface area (Å²) >= 11 is 0. The van der Waals surface area contributed by atoms with Crippen molar-refractivity contribution in [2.75, 3.05) is 0 Å². The molecule has 13 aromatic rings. The van der Waals surface area contributed by atoms with Crippen LogP contribution >= 0.6 is 0 Å². The zero-order valence-corrected chi connectivity index (χ0v) is 40.7. The van der Waals surface area contributed by atoms with Crippen molar-refractivity contribution in [2.24, 2.45) is 0 Å². The van der Waals surface area contributed by atoms with Crippen LogP contribution in [0.3, 0.4) is 0 Å². The van der Waals surface area contributed by atoms with Gasteiger partial charge in [-0.1, -0.05) is 172 Å². The van der Waals surface area contributed by atoms with Crippen LogP contribution in [0.5, 0.6) is 0 Å². The molecule has 0 spiro atoms. The van der Waals surface area contributed by atoms with Crippen LogP contribution in [-0.2, 0) is 0 Å². The number of hydrogen-bond donors (Lipinski definition) is 0. The first-order valence-electron chi connectivity index (χ1n) is 24.5. The average molecular weight is 886 g/mol. The second-order valence-electron chi connectivity index (χ2n) is 19.4. The van der Waals surface area contributed by atoms with Crippen LogP contribution in [0.25, 0.3) is 121 Å². The standard InChI is InChI=1S/C60H45B7N2O/c61-52-47(36-27-29-42-40(31-36)48-37(33-16-6-2-7-17-33)21-12-22-43(48)68(42)44-23-13-25-46-49(44)38-20-10-11-24-45(38)70-46)53(62)57(66)59-50(52)51-54(63)55(64)56(65)58(67)60(51)69(59)41-28-26-35(32-14-4-1-5-15-32)30-39(41)34-18-8-3-9-19-34/h1-31H,61-67H2. The maximum absolute atomic E-state index is 6.49. The lowest BCUT2D eigenvalue weighted by molar-refractivity contribution is 0.669. The van der Waals surface area contributed by atoms with Gasteiger partial charge in [-0.3, -0.25) is 0 Å². The van der Waals surface area contributed by atoms with Gasteiger partial charge < -0.3 is 13.6 Å². The molecular weight excluding hydrogens is 840 g/mol. The summed E-state index contributed by atoms with van der Waals surface area (Å²) in [6.45, 7) is 0. The van der Waals surface area contributed by atoms with Gasteiger partial charge in [-0.25, -0.2) is 0 Å². The van der Waals surface area contributed by atoms with Crippen LogP contribution in [-0.4, -0.2) is 64.1 Å². The summed E-state index contributed by atoms with van der Waals surface area (Å²) in [5, 5.41) is 7.37. The first-order chi connectivity index (χ1) is 34.2. The Morgan fingerprint density at radius 2 is 0.886 bits per heavy atom. The lowest BCUT2D eigenvalue weighted by atomic mass is 9.64. The van der Waals surface area contributed by atoms with E-state index in [1.807, 2.05) is 0 Å². The Labute approximate surface area is 414 Å². The molecule has 0 unspecified atom stereocenters. The molecule has 10 heteroatoms. The van der Waals surface area contributed by atoms with Crippen molar-refractivity contribution >= 4 is 159 Å². The molecule has 10 aromatic carbocycles. The summed E-state index contributed by atoms with van der Waals surface area (Å²) in [5.41, 5.74) is 28.0. The van der Waals surface area contributed by atoms with Gasteiger partial charge in [0.1, 0.15) is 66.1 Å². The molecule has 0 saturated heterocycles. The Balaban J connectivity index is 1.12. The number of furan rings is 1. The van der Waals surface area contributed by atoms with Crippen LogP contribution < -0.4 is 38.2 Å². The second kappa shape index (κ2) is 16.1. The van der Waals surface area contributed by atoms with Gasteiger partial charge >= 0.3 is 0 Å². The van der Waals surface area contributed by atoms with E-state index >= 15 is 0 Å². The highest BCUT2D eigenvalue weighted by Gasteiger charge is 2.27. The third kappa shape index (κ3) is 6.12. The fraction of sp³-hybridized carbons (Fsp3) is 0. The third-order valence-corrected chi connectivity index (χ3v) is 15.8. The second-order valence-corrected chi connectivity index (χ2v) is 19.4. The van der Waals surface area contributed by atoms with E-state index in [0.29, 0.717) is 0 Å². The first kappa shape index (κ1) is 42.2. The number of aromatic nitrogens is 2. The zero-order valence-electron chi connectivity index (χ0n) is 40.7. The molecule has 3 aromatic heterocycles. The van der Waals surface area contributed by atoms with Gasteiger partial charge in [0.2, 0.25) is 0 Å². The fourth-order valence-corrected chi connectivity index (χ4v) is 12.1. The van der Waals surface area contributed by atoms with Gasteiger partial charge in [-0.05, 0) is 92.9 Å². The van der Waals surface area contributed by atoms with Crippen molar-refractivity contribution in [1.82, 2.24) is 9.13 Å². The molecular formula is C60H45B7N2O. The highest BCUT2D eigenvalue weighted by molar-refractivity contribution is 6.69. The molecule has 0 amide bonds. The van der Waals surface area contributed by atoms with Gasteiger partial charge in [0.05, 0.1) is 27.8 Å². The highest BCUT2D eigenvalue weighted by Crippen LogP contribution is 2.43. The van der Waals surface area contributed by atoms with Gasteiger partial charge in [0.25, 0.3) is 0 Å². The number of para-hydroxylation sites is 1. The van der Waals surface area contributed by atoms with Crippen LogP contribution in [0.4, 0.5) is 0 Å². The van der Waals surface area contributed by atoms with Gasteiger partial charge in [0.15, 0.2) is 0 Å². The fourth-order valence-electron chi connectivity index (χ4n) is 12.1. The van der Waals surface area contributed by atoms with Crippen molar-refractivity contribution in [3.63, 3.8) is 0 Å². The van der Waals surface area contributed by atoms with Crippen molar-refractivity contribution < 1.29 is 4.42 Å². The summed E-state index contributed by atoms with van der Waals surface area (Å²) in [5.74, 6) is 0. The molecule has 0 fully saturated rings. The summed E-state index contributed by atoms with van der Waals surface area (Å²) in [6, 6.07) is 68.5. The maximum atomic E-state index is 6.49. The normalized spacial score (nSPS) is 11.8. The average Bonchev–Trinajstić information content (AvgIpc) is 4.08. The smallest absolute Gasteiger partial charge is 0.141 e. The Bertz CT molecular complexity index is 4310. The van der Waals surface area contributed by atoms with Gasteiger partial charge in [-0.2, -0.15) is 0 Å². The molecule has 0 aliphatic heterocycles. The molecule has 0 aliphatic rings. The van der Waals surface area contributed by atoms with Crippen LogP contribution in [0, 0.1) is 0 Å². The molecule has 0 N–H and O–H groups in total. The largest absolute Gasteiger partial charge is 0.456 e. The third-order valence-electron chi connectivity index (χ3n) is 15.8. The molecule has 0 radical (unpaired) electrons. The molecule has 70 heavy (non-hydrogen) atoms. The quantitative estimate of drug-likeness (QED) is 0.230. The number of rotatable bonds is 6. The lowest BCUT2D eigenvalue weighted by Crippen LogP contribution is -2.48. The van der Waals surface area contributed by atoms with Crippen LogP contribution in [0.2, 0.25) is 0 Å². The monoisotopic (exact) mass is 886 g/mol. The number of fused-ring (bicyclic) bond motifs is 9. The van der Waals surface area contributed by atoms with Crippen molar-refractivity contribution in [2.45, 2.75) is 0 Å². The predicted octanol–water partition coefficient (Wildman–Crippen LogP) is 4.26. The van der Waals surface area contributed by atoms with Crippen molar-refractivity contribution in [1.29, 1.82) is 0 Å². The zero-order chi connectivity index (χ0) is 47.5. The van der Waals surface area contributed by atoms with E-state index in [9.17, 15) is 0 Å². The summed E-state index contributed by atoms with van der Waals surface area (Å²) in [4.78, 5) is 0. The van der Waals surface area contributed by atoms with E-state index < -0.39 is 0 Å². The molecule has 0 aliphatic carbocycles. The molecule has 3 nitrogen and oxygen atoms in total. The minimum Gasteiger partial charge on any atom is -0.456 e. The molecule has 0 saturated carbocycles. The Kier molecular flexibility index (Phi) is 9.68. The van der Waals surface area contributed by atoms with E-state index in [0.717, 1.165) is 33.1 Å². The van der Waals surface area contributed by atoms with E-state index in [-0.39, 0.29) is 0 Å². The Morgan fingerprint density at radius 1 is 0.300 bits per heavy atom. The van der Waals surface area contributed by atoms with Gasteiger partial charge in [0, 0.05) is 38.1 Å². The van der Waals surface area contributed by atoms with Crippen LogP contribution in [0.1, 0.15) is 0 Å². The minimum absolute atomic E-state index is 0.887. The molecule has 13 rings (SSSR count). The lowest BCUT2D eigenvalue weighted by Gasteiger charge is -2.21. The number of hydrogen-bond acceptors (Lipinski definition) is 1. The SMILES string of the molecule is Bc1c(B)c(B)c2c(c1B)c1c(B)c(-c3ccc4c(c3)c3c(-c5ccccc5)cccc3n4-c3cccc4oc5ccccc5c34)c(B)c(B)c1n2-c1ccc(-c2ccccc2)cc1-c1ccccc1. The number of benzene rings is 10. The van der Waals surface area contributed by atoms with E-state index in [1.54, 1.807) is 0 Å². The number of nitrogens with zero attached hydrogens (tertiary/aromatic N) is 2. The summed E-state index contributed by atoms with van der Waals surface area (Å²) < 4.78 is 11.6. The Morgan fingerprint density at radius 3 is 1.61 bits per heavy atom. The highest BCUT2D eigenvalue weighted by atomic mass is 16.3. The van der Waals surface area contributed by atoms with Crippen molar-refractivity contribution in [3.8, 4) is 55.9 Å². The minimum atomic E-state index is 0.887. The topological polar surface area (TPSA) is 23.0 Å². The summed E-state index contributed by atoms with van der Waals surface area (Å²) in [6.07, 6.45) is 0. The van der Waals surface area contributed by atoms with E-state index in [1.165, 1.54) is 127 Å². The van der Waals surface area contributed by atoms with E-state index in [4.69, 9.17) is 4.42 Å². The first-order valence-corrected chi connectivity index (χ1v) is 24.5. The maximum Gasteiger partial charge on any atom is 0.141 e. The van der Waals surface area contributed by atoms with E-state index in [2.05, 4.69) is 252 Å². The van der Waals surface area contributed by atoms with Crippen LogP contribution in [0.15, 0.2) is 192 Å². The molecule has 322 valence electrons. The Hall–Kier alpha value is -7.95. The molecule has 0 bridgehead atoms. The van der Waals surface area contributed by atoms with Crippen molar-refractivity contribution in [3.05, 3.63) is 188 Å². The predicted molar refractivity (Wildman–Crippen MR) is 321 cm³/mol. The van der Waals surface area contributed by atoms with Gasteiger partial charge in [-0.15, -0.1) is 5.46 Å². The molecule has 3 heterocycles. The summed E-state index contributed by atoms with van der Waals surface area (Å²) in [7, 11) is 16.4.